The van der Waals surface area contributed by atoms with Gasteiger partial charge in [0.15, 0.2) is 28.3 Å². The molecule has 2 N–H and O–H groups in total. The maximum Gasteiger partial charge on any atom is 0.519 e. The summed E-state index contributed by atoms with van der Waals surface area (Å²) in [7, 11) is 0. The molecule has 0 saturated carbocycles. The van der Waals surface area contributed by atoms with Gasteiger partial charge in [0, 0.05) is 0 Å². The van der Waals surface area contributed by atoms with Crippen LogP contribution in [-0.2, 0) is 11.3 Å². The second-order valence-corrected chi connectivity index (χ2v) is 6.36. The number of rotatable bonds is 5. The molecule has 1 fully saturated rings. The molecular weight excluding hydrogens is 373 g/mol. The minimum absolute atomic E-state index is 0.0423. The smallest absolute Gasteiger partial charge is 0.396 e. The predicted molar refractivity (Wildman–Crippen MR) is 92.6 cm³/mol. The molecule has 1 aliphatic rings. The van der Waals surface area contributed by atoms with E-state index in [1.54, 1.807) is 11.5 Å². The van der Waals surface area contributed by atoms with Crippen LogP contribution in [0.3, 0.4) is 0 Å². The van der Waals surface area contributed by atoms with Crippen LogP contribution < -0.4 is 11.1 Å². The highest BCUT2D eigenvalue weighted by atomic mass is 19.1. The molecule has 4 heterocycles. The molecule has 146 valence electrons. The fraction of sp³-hybridized carbons (Fsp3) is 0.412. The maximum atomic E-state index is 14.0. The van der Waals surface area contributed by atoms with Crippen LogP contribution >= 0.6 is 0 Å². The number of aliphatic hydroxyl groups excluding tert-OH is 1. The Labute approximate surface area is 157 Å². The lowest BCUT2D eigenvalue weighted by molar-refractivity contribution is -0.0618. The molecule has 10 nitrogen and oxygen atoms in total. The van der Waals surface area contributed by atoms with Crippen molar-refractivity contribution in [3.05, 3.63) is 34.5 Å². The number of ether oxygens (including phenoxy) is 1. The van der Waals surface area contributed by atoms with Crippen molar-refractivity contribution in [2.75, 3.05) is 11.9 Å². The van der Waals surface area contributed by atoms with E-state index >= 15 is 0 Å². The Kier molecular flexibility index (Phi) is 4.37. The number of hydrogen-bond acceptors (Lipinski definition) is 9. The largest absolute Gasteiger partial charge is 0.519 e. The van der Waals surface area contributed by atoms with Crippen LogP contribution in [-0.4, -0.2) is 36.8 Å². The van der Waals surface area contributed by atoms with E-state index in [9.17, 15) is 14.3 Å². The highest BCUT2D eigenvalue weighted by Gasteiger charge is 2.39. The number of aliphatic hydroxyl groups is 1. The van der Waals surface area contributed by atoms with Crippen LogP contribution in [0.15, 0.2) is 20.0 Å². The quantitative estimate of drug-likeness (QED) is 0.487. The lowest BCUT2D eigenvalue weighted by atomic mass is 10.0. The van der Waals surface area contributed by atoms with Crippen molar-refractivity contribution in [1.29, 1.82) is 0 Å². The molecule has 11 heteroatoms. The second kappa shape index (κ2) is 6.74. The molecule has 0 bridgehead atoms. The molecule has 0 aromatic carbocycles. The molecule has 0 amide bonds. The van der Waals surface area contributed by atoms with Crippen molar-refractivity contribution in [2.45, 2.75) is 38.1 Å². The molecule has 2 unspecified atom stereocenters. The van der Waals surface area contributed by atoms with Crippen LogP contribution in [0.2, 0.25) is 0 Å². The molecule has 3 aromatic rings. The molecule has 3 aromatic heterocycles. The molecule has 0 aliphatic carbocycles. The molecule has 28 heavy (non-hydrogen) atoms. The van der Waals surface area contributed by atoms with Gasteiger partial charge in [-0.3, -0.25) is 4.57 Å². The van der Waals surface area contributed by atoms with E-state index in [2.05, 4.69) is 26.2 Å². The lowest BCUT2D eigenvalue weighted by Gasteiger charge is -2.21. The van der Waals surface area contributed by atoms with Crippen LogP contribution in [0.25, 0.3) is 11.2 Å². The van der Waals surface area contributed by atoms with Crippen molar-refractivity contribution in [3.8, 4) is 12.3 Å². The first-order valence-corrected chi connectivity index (χ1v) is 8.44. The number of nitrogens with zero attached hydrogens (tertiary/aromatic N) is 4. The molecule has 4 rings (SSSR count). The minimum atomic E-state index is -1.08. The van der Waals surface area contributed by atoms with Gasteiger partial charge in [-0.25, -0.2) is 9.78 Å². The van der Waals surface area contributed by atoms with Gasteiger partial charge in [0.25, 0.3) is 0 Å². The van der Waals surface area contributed by atoms with Gasteiger partial charge in [0.1, 0.15) is 12.0 Å². The molecule has 0 radical (unpaired) electrons. The second-order valence-electron chi connectivity index (χ2n) is 6.36. The summed E-state index contributed by atoms with van der Waals surface area (Å²) in [6.45, 7) is 1.29. The van der Waals surface area contributed by atoms with Gasteiger partial charge in [-0.1, -0.05) is 5.92 Å². The number of fused-ring (bicyclic) bond motifs is 1. The van der Waals surface area contributed by atoms with Gasteiger partial charge in [-0.15, -0.1) is 6.42 Å². The Bertz CT molecular complexity index is 1130. The van der Waals surface area contributed by atoms with Crippen molar-refractivity contribution in [2.24, 2.45) is 0 Å². The van der Waals surface area contributed by atoms with Gasteiger partial charge in [-0.05, 0) is 19.8 Å². The lowest BCUT2D eigenvalue weighted by Crippen LogP contribution is -2.31. The summed E-state index contributed by atoms with van der Waals surface area (Å²) in [6.07, 6.45) is 6.35. The summed E-state index contributed by atoms with van der Waals surface area (Å²) in [4.78, 5) is 22.9. The Morgan fingerprint density at radius 1 is 1.50 bits per heavy atom. The topological polar surface area (TPSA) is 128 Å². The van der Waals surface area contributed by atoms with Crippen LogP contribution in [0.4, 0.5) is 10.2 Å². The zero-order chi connectivity index (χ0) is 19.9. The third kappa shape index (κ3) is 3.02. The number of halogens is 1. The normalized spacial score (nSPS) is 21.9. The van der Waals surface area contributed by atoms with Crippen LogP contribution in [0.1, 0.15) is 30.6 Å². The summed E-state index contributed by atoms with van der Waals surface area (Å²) in [5, 5.41) is 12.4. The number of imidazole rings is 1. The van der Waals surface area contributed by atoms with Gasteiger partial charge < -0.3 is 24.0 Å². The van der Waals surface area contributed by atoms with E-state index in [0.29, 0.717) is 24.1 Å². The summed E-state index contributed by atoms with van der Waals surface area (Å²) < 4.78 is 31.1. The molecule has 2 atom stereocenters. The Hall–Kier alpha value is -3.23. The third-order valence-electron chi connectivity index (χ3n) is 4.63. The van der Waals surface area contributed by atoms with Crippen LogP contribution in [0, 0.1) is 25.3 Å². The average Bonchev–Trinajstić information content (AvgIpc) is 3.36. The number of terminal acetylenes is 1. The standard InChI is InChI=1S/C17H16FN5O5/c1-3-17(7-24)5-4-11(28-17)23-8-20-12-13(21-15(18)22-14(12)23)19-6-10-9(2)26-16(25)27-10/h1,8,11,24H,4-7H2,2H3,(H,19,21,22). The average molecular weight is 389 g/mol. The first-order chi connectivity index (χ1) is 13.4. The van der Waals surface area contributed by atoms with Crippen molar-refractivity contribution in [3.63, 3.8) is 0 Å². The van der Waals surface area contributed by atoms with Gasteiger partial charge in [-0.2, -0.15) is 14.4 Å². The molecule has 0 spiro atoms. The van der Waals surface area contributed by atoms with Gasteiger partial charge in [0.2, 0.25) is 0 Å². The van der Waals surface area contributed by atoms with Crippen molar-refractivity contribution < 1.29 is 23.1 Å². The number of anilines is 1. The SMILES string of the molecule is C#CC1(CO)CCC(n2cnc3c(NCc4oc(=O)oc4C)nc(F)nc32)O1. The first kappa shape index (κ1) is 18.1. The highest BCUT2D eigenvalue weighted by Crippen LogP contribution is 2.37. The van der Waals surface area contributed by atoms with E-state index in [4.69, 9.17) is 20.0 Å². The first-order valence-electron chi connectivity index (χ1n) is 8.44. The van der Waals surface area contributed by atoms with E-state index in [0.717, 1.165) is 0 Å². The minimum Gasteiger partial charge on any atom is -0.396 e. The molecule has 1 aliphatic heterocycles. The monoisotopic (exact) mass is 389 g/mol. The van der Waals surface area contributed by atoms with E-state index in [-0.39, 0.29) is 30.4 Å². The van der Waals surface area contributed by atoms with E-state index in [1.807, 2.05) is 0 Å². The van der Waals surface area contributed by atoms with E-state index in [1.165, 1.54) is 6.33 Å². The number of hydrogen-bond donors (Lipinski definition) is 2. The van der Waals surface area contributed by atoms with Crippen LogP contribution in [0.5, 0.6) is 0 Å². The molecule has 1 saturated heterocycles. The zero-order valence-corrected chi connectivity index (χ0v) is 14.8. The Balaban J connectivity index is 1.65. The predicted octanol–water partition coefficient (Wildman–Crippen LogP) is 1.11. The number of nitrogens with one attached hydrogen (secondary N) is 1. The van der Waals surface area contributed by atoms with E-state index < -0.39 is 23.7 Å². The highest BCUT2D eigenvalue weighted by molar-refractivity contribution is 5.82. The summed E-state index contributed by atoms with van der Waals surface area (Å²) in [5.41, 5.74) is -0.573. The number of aromatic nitrogens is 4. The zero-order valence-electron chi connectivity index (χ0n) is 14.8. The fourth-order valence-corrected chi connectivity index (χ4v) is 3.12. The summed E-state index contributed by atoms with van der Waals surface area (Å²) >= 11 is 0. The fourth-order valence-electron chi connectivity index (χ4n) is 3.12. The molecular formula is C17H16FN5O5. The third-order valence-corrected chi connectivity index (χ3v) is 4.63. The Morgan fingerprint density at radius 2 is 2.32 bits per heavy atom. The van der Waals surface area contributed by atoms with Gasteiger partial charge >= 0.3 is 11.9 Å². The Morgan fingerprint density at radius 3 is 2.96 bits per heavy atom. The summed E-state index contributed by atoms with van der Waals surface area (Å²) in [5.74, 6) is 2.33. The maximum absolute atomic E-state index is 14.0. The van der Waals surface area contributed by atoms with Crippen molar-refractivity contribution >= 4 is 17.0 Å². The van der Waals surface area contributed by atoms with Gasteiger partial charge in [0.05, 0.1) is 19.5 Å². The number of aryl methyl sites for hydroxylation is 1. The van der Waals surface area contributed by atoms with Crippen molar-refractivity contribution in [1.82, 2.24) is 19.5 Å². The summed E-state index contributed by atoms with van der Waals surface area (Å²) in [6, 6.07) is 0.